The van der Waals surface area contributed by atoms with Crippen molar-refractivity contribution in [1.29, 1.82) is 0 Å². The molecule has 0 aliphatic carbocycles. The van der Waals surface area contributed by atoms with Crippen molar-refractivity contribution in [1.82, 2.24) is 15.0 Å². The van der Waals surface area contributed by atoms with E-state index in [4.69, 9.17) is 0 Å². The number of aromatic amines is 1. The number of halogens is 3. The predicted octanol–water partition coefficient (Wildman–Crippen LogP) is 2.80. The number of H-pyrrole nitrogens is 1. The van der Waals surface area contributed by atoms with Gasteiger partial charge in [0.15, 0.2) is 0 Å². The summed E-state index contributed by atoms with van der Waals surface area (Å²) in [5.74, 6) is 0. The summed E-state index contributed by atoms with van der Waals surface area (Å²) in [7, 11) is 0. The van der Waals surface area contributed by atoms with Gasteiger partial charge in [-0.2, -0.15) is 13.2 Å². The molecule has 0 amide bonds. The van der Waals surface area contributed by atoms with Crippen molar-refractivity contribution in [3.8, 4) is 11.3 Å². The molecular weight excluding hydrogens is 219 g/mol. The fourth-order valence-corrected chi connectivity index (χ4v) is 1.43. The standard InChI is InChI=1S/C10H8F3N3/c1-6-2-7(8-4-14-5-16-8)3-15-9(6)10(11,12)13/h2-5H,1H3,(H,14,16). The van der Waals surface area contributed by atoms with Gasteiger partial charge >= 0.3 is 6.18 Å². The molecule has 0 aliphatic heterocycles. The first kappa shape index (κ1) is 10.7. The Morgan fingerprint density at radius 3 is 2.50 bits per heavy atom. The summed E-state index contributed by atoms with van der Waals surface area (Å²) in [5.41, 5.74) is 0.475. The Kier molecular flexibility index (Phi) is 2.41. The van der Waals surface area contributed by atoms with Crippen LogP contribution in [0.5, 0.6) is 0 Å². The van der Waals surface area contributed by atoms with E-state index in [1.807, 2.05) is 0 Å². The lowest BCUT2D eigenvalue weighted by Gasteiger charge is -2.09. The zero-order valence-electron chi connectivity index (χ0n) is 8.34. The number of nitrogens with zero attached hydrogens (tertiary/aromatic N) is 2. The van der Waals surface area contributed by atoms with E-state index in [1.165, 1.54) is 31.7 Å². The predicted molar refractivity (Wildman–Crippen MR) is 51.6 cm³/mol. The first-order chi connectivity index (χ1) is 7.48. The summed E-state index contributed by atoms with van der Waals surface area (Å²) >= 11 is 0. The zero-order chi connectivity index (χ0) is 11.8. The van der Waals surface area contributed by atoms with Crippen LogP contribution in [0.1, 0.15) is 11.3 Å². The minimum atomic E-state index is -4.41. The second-order valence-corrected chi connectivity index (χ2v) is 3.35. The third-order valence-corrected chi connectivity index (χ3v) is 2.16. The average Bonchev–Trinajstić information content (AvgIpc) is 2.68. The number of imidazole rings is 1. The normalized spacial score (nSPS) is 11.8. The average molecular weight is 227 g/mol. The quantitative estimate of drug-likeness (QED) is 0.813. The number of pyridine rings is 1. The number of alkyl halides is 3. The van der Waals surface area contributed by atoms with Crippen LogP contribution in [0.2, 0.25) is 0 Å². The molecule has 16 heavy (non-hydrogen) atoms. The smallest absolute Gasteiger partial charge is 0.345 e. The topological polar surface area (TPSA) is 41.6 Å². The molecule has 2 aromatic heterocycles. The molecule has 0 saturated carbocycles. The highest BCUT2D eigenvalue weighted by Crippen LogP contribution is 2.31. The van der Waals surface area contributed by atoms with E-state index >= 15 is 0 Å². The molecule has 0 fully saturated rings. The number of aromatic nitrogens is 3. The summed E-state index contributed by atoms with van der Waals surface area (Å²) in [6.45, 7) is 1.38. The van der Waals surface area contributed by atoms with Gasteiger partial charge in [0.2, 0.25) is 0 Å². The molecule has 2 heterocycles. The molecule has 0 spiro atoms. The van der Waals surface area contributed by atoms with Crippen LogP contribution in [-0.4, -0.2) is 15.0 Å². The van der Waals surface area contributed by atoms with Gasteiger partial charge in [-0.15, -0.1) is 0 Å². The van der Waals surface area contributed by atoms with Crippen molar-refractivity contribution in [2.75, 3.05) is 0 Å². The van der Waals surface area contributed by atoms with Crippen molar-refractivity contribution in [3.63, 3.8) is 0 Å². The summed E-state index contributed by atoms with van der Waals surface area (Å²) in [6, 6.07) is 1.43. The van der Waals surface area contributed by atoms with Gasteiger partial charge in [0.1, 0.15) is 5.69 Å². The molecular formula is C10H8F3N3. The highest BCUT2D eigenvalue weighted by molar-refractivity contribution is 5.58. The minimum Gasteiger partial charge on any atom is -0.345 e. The van der Waals surface area contributed by atoms with Gasteiger partial charge < -0.3 is 4.98 Å². The summed E-state index contributed by atoms with van der Waals surface area (Å²) in [5, 5.41) is 0. The zero-order valence-corrected chi connectivity index (χ0v) is 8.34. The Morgan fingerprint density at radius 2 is 2.00 bits per heavy atom. The lowest BCUT2D eigenvalue weighted by Crippen LogP contribution is -2.10. The molecule has 0 saturated heterocycles. The molecule has 2 rings (SSSR count). The lowest BCUT2D eigenvalue weighted by molar-refractivity contribution is -0.141. The van der Waals surface area contributed by atoms with Crippen LogP contribution in [0, 0.1) is 6.92 Å². The second kappa shape index (κ2) is 3.62. The number of hydrogen-bond acceptors (Lipinski definition) is 2. The summed E-state index contributed by atoms with van der Waals surface area (Å²) in [4.78, 5) is 10.0. The van der Waals surface area contributed by atoms with Gasteiger partial charge in [-0.05, 0) is 18.6 Å². The van der Waals surface area contributed by atoms with Crippen LogP contribution < -0.4 is 0 Å². The Balaban J connectivity index is 2.45. The lowest BCUT2D eigenvalue weighted by atomic mass is 10.1. The van der Waals surface area contributed by atoms with Crippen LogP contribution >= 0.6 is 0 Å². The van der Waals surface area contributed by atoms with Crippen LogP contribution in [0.4, 0.5) is 13.2 Å². The molecule has 0 aliphatic rings. The van der Waals surface area contributed by atoms with E-state index in [-0.39, 0.29) is 5.56 Å². The molecule has 0 atom stereocenters. The summed E-state index contributed by atoms with van der Waals surface area (Å²) < 4.78 is 37.3. The molecule has 0 bridgehead atoms. The molecule has 84 valence electrons. The Hall–Kier alpha value is -1.85. The second-order valence-electron chi connectivity index (χ2n) is 3.35. The van der Waals surface area contributed by atoms with Crippen LogP contribution in [0.15, 0.2) is 24.8 Å². The van der Waals surface area contributed by atoms with Crippen LogP contribution in [0.25, 0.3) is 11.3 Å². The fourth-order valence-electron chi connectivity index (χ4n) is 1.43. The van der Waals surface area contributed by atoms with E-state index in [0.29, 0.717) is 11.3 Å². The van der Waals surface area contributed by atoms with E-state index in [2.05, 4.69) is 15.0 Å². The fraction of sp³-hybridized carbons (Fsp3) is 0.200. The Labute approximate surface area is 89.4 Å². The number of nitrogens with one attached hydrogen (secondary N) is 1. The SMILES string of the molecule is Cc1cc(-c2cnc[nH]2)cnc1C(F)(F)F. The van der Waals surface area contributed by atoms with E-state index < -0.39 is 11.9 Å². The summed E-state index contributed by atoms with van der Waals surface area (Å²) in [6.07, 6.45) is -0.230. The number of hydrogen-bond donors (Lipinski definition) is 1. The molecule has 6 heteroatoms. The first-order valence-corrected chi connectivity index (χ1v) is 4.51. The maximum atomic E-state index is 12.4. The van der Waals surface area contributed by atoms with Gasteiger partial charge in [-0.1, -0.05) is 0 Å². The van der Waals surface area contributed by atoms with Crippen molar-refractivity contribution in [2.24, 2.45) is 0 Å². The Morgan fingerprint density at radius 1 is 1.25 bits per heavy atom. The maximum absolute atomic E-state index is 12.4. The van der Waals surface area contributed by atoms with Gasteiger partial charge in [0.25, 0.3) is 0 Å². The van der Waals surface area contributed by atoms with Gasteiger partial charge in [0, 0.05) is 11.8 Å². The molecule has 3 nitrogen and oxygen atoms in total. The van der Waals surface area contributed by atoms with E-state index in [9.17, 15) is 13.2 Å². The van der Waals surface area contributed by atoms with Gasteiger partial charge in [-0.3, -0.25) is 4.98 Å². The third kappa shape index (κ3) is 1.91. The van der Waals surface area contributed by atoms with Gasteiger partial charge in [-0.25, -0.2) is 4.98 Å². The number of aryl methyl sites for hydroxylation is 1. The highest BCUT2D eigenvalue weighted by Gasteiger charge is 2.34. The minimum absolute atomic E-state index is 0.0969. The molecule has 0 aromatic carbocycles. The van der Waals surface area contributed by atoms with Crippen molar-refractivity contribution in [2.45, 2.75) is 13.1 Å². The third-order valence-electron chi connectivity index (χ3n) is 2.16. The van der Waals surface area contributed by atoms with E-state index in [1.54, 1.807) is 0 Å². The molecule has 1 N–H and O–H groups in total. The molecule has 0 unspecified atom stereocenters. The van der Waals surface area contributed by atoms with E-state index in [0.717, 1.165) is 0 Å². The van der Waals surface area contributed by atoms with Gasteiger partial charge in [0.05, 0.1) is 18.2 Å². The molecule has 2 aromatic rings. The monoisotopic (exact) mass is 227 g/mol. The van der Waals surface area contributed by atoms with Crippen molar-refractivity contribution < 1.29 is 13.2 Å². The van der Waals surface area contributed by atoms with Crippen molar-refractivity contribution in [3.05, 3.63) is 36.0 Å². The highest BCUT2D eigenvalue weighted by atomic mass is 19.4. The maximum Gasteiger partial charge on any atom is 0.433 e. The molecule has 0 radical (unpaired) electrons. The Bertz CT molecular complexity index is 489. The van der Waals surface area contributed by atoms with Crippen LogP contribution in [-0.2, 0) is 6.18 Å². The first-order valence-electron chi connectivity index (χ1n) is 4.51. The van der Waals surface area contributed by atoms with Crippen LogP contribution in [0.3, 0.4) is 0 Å². The largest absolute Gasteiger partial charge is 0.433 e. The number of rotatable bonds is 1. The van der Waals surface area contributed by atoms with Crippen molar-refractivity contribution >= 4 is 0 Å².